The Hall–Kier alpha value is -2.91. The molecule has 2 aromatic heterocycles. The molecule has 0 atom stereocenters. The summed E-state index contributed by atoms with van der Waals surface area (Å²) in [5, 5.41) is 3.46. The van der Waals surface area contributed by atoms with Crippen molar-refractivity contribution in [1.82, 2.24) is 15.0 Å². The Kier molecular flexibility index (Phi) is 5.15. The van der Waals surface area contributed by atoms with Gasteiger partial charge in [0, 0.05) is 0 Å². The van der Waals surface area contributed by atoms with E-state index in [0.29, 0.717) is 16.2 Å². The number of H-pyrrole nitrogens is 1. The molecule has 0 aliphatic carbocycles. The first-order valence-corrected chi connectivity index (χ1v) is 8.42. The molecular formula is C17H13ClN4O4S. The summed E-state index contributed by atoms with van der Waals surface area (Å²) in [4.78, 5) is 47.3. The summed E-state index contributed by atoms with van der Waals surface area (Å²) in [6, 6.07) is 5.61. The lowest BCUT2D eigenvalue weighted by Crippen LogP contribution is -2.23. The molecule has 0 spiro atoms. The van der Waals surface area contributed by atoms with Crippen LogP contribution in [0.25, 0.3) is 11.0 Å². The molecule has 0 radical (unpaired) electrons. The average Bonchev–Trinajstić information content (AvgIpc) is 2.62. The van der Waals surface area contributed by atoms with Crippen molar-refractivity contribution in [2.24, 2.45) is 0 Å². The van der Waals surface area contributed by atoms with E-state index in [1.165, 1.54) is 31.4 Å². The number of anilines is 1. The van der Waals surface area contributed by atoms with Gasteiger partial charge in [-0.25, -0.2) is 14.8 Å². The summed E-state index contributed by atoms with van der Waals surface area (Å²) in [5.74, 6) is -0.861. The number of aryl methyl sites for hydroxylation is 1. The van der Waals surface area contributed by atoms with Crippen LogP contribution < -0.4 is 10.9 Å². The molecule has 0 unspecified atom stereocenters. The number of aromatic nitrogens is 3. The van der Waals surface area contributed by atoms with E-state index in [9.17, 15) is 14.4 Å². The third-order valence-electron chi connectivity index (χ3n) is 3.68. The minimum atomic E-state index is -0.713. The van der Waals surface area contributed by atoms with Crippen molar-refractivity contribution in [2.45, 2.75) is 11.9 Å². The van der Waals surface area contributed by atoms with Crippen LogP contribution in [-0.4, -0.2) is 33.9 Å². The van der Waals surface area contributed by atoms with Gasteiger partial charge in [-0.05, 0) is 31.2 Å². The molecule has 0 bridgehead atoms. The maximum atomic E-state index is 12.6. The van der Waals surface area contributed by atoms with Crippen LogP contribution in [0.2, 0.25) is 5.02 Å². The molecule has 0 saturated carbocycles. The Bertz CT molecular complexity index is 1150. The Morgan fingerprint density at radius 3 is 2.70 bits per heavy atom. The maximum Gasteiger partial charge on any atom is 0.337 e. The van der Waals surface area contributed by atoms with Crippen LogP contribution >= 0.6 is 24.2 Å². The number of nitrogens with zero attached hydrogens (tertiary/aromatic N) is 2. The number of rotatable bonds is 3. The van der Waals surface area contributed by atoms with Crippen LogP contribution in [0.5, 0.6) is 0 Å². The quantitative estimate of drug-likeness (QED) is 0.351. The number of methoxy groups -OCH3 is 1. The number of hydrogen-bond acceptors (Lipinski definition) is 7. The van der Waals surface area contributed by atoms with Crippen LogP contribution in [0.4, 0.5) is 5.69 Å². The smallest absolute Gasteiger partial charge is 0.337 e. The summed E-state index contributed by atoms with van der Waals surface area (Å²) in [7, 11) is 1.24. The summed E-state index contributed by atoms with van der Waals surface area (Å²) in [5.41, 5.74) is -0.169. The zero-order valence-electron chi connectivity index (χ0n) is 14.2. The van der Waals surface area contributed by atoms with Crippen molar-refractivity contribution in [3.8, 4) is 0 Å². The normalized spacial score (nSPS) is 10.7. The van der Waals surface area contributed by atoms with Gasteiger partial charge in [-0.3, -0.25) is 9.59 Å². The summed E-state index contributed by atoms with van der Waals surface area (Å²) >= 11 is 10.3. The molecule has 0 fully saturated rings. The fourth-order valence-electron chi connectivity index (χ4n) is 2.40. The van der Waals surface area contributed by atoms with Crippen LogP contribution in [0, 0.1) is 6.92 Å². The van der Waals surface area contributed by atoms with E-state index in [2.05, 4.69) is 37.6 Å². The van der Waals surface area contributed by atoms with E-state index in [1.807, 2.05) is 0 Å². The lowest BCUT2D eigenvalue weighted by atomic mass is 10.1. The van der Waals surface area contributed by atoms with Gasteiger partial charge in [0.15, 0.2) is 0 Å². The molecule has 3 aromatic rings. The molecular weight excluding hydrogens is 392 g/mol. The fourth-order valence-corrected chi connectivity index (χ4v) is 2.88. The third kappa shape index (κ3) is 3.79. The van der Waals surface area contributed by atoms with Gasteiger partial charge in [-0.2, -0.15) is 0 Å². The highest BCUT2D eigenvalue weighted by molar-refractivity contribution is 7.80. The number of halogens is 1. The van der Waals surface area contributed by atoms with Crippen LogP contribution in [0.1, 0.15) is 26.5 Å². The highest BCUT2D eigenvalue weighted by Crippen LogP contribution is 2.24. The van der Waals surface area contributed by atoms with E-state index in [1.54, 1.807) is 6.92 Å². The number of thiol groups is 1. The van der Waals surface area contributed by atoms with Gasteiger partial charge < -0.3 is 15.0 Å². The number of carbonyl (C=O) groups excluding carboxylic acids is 2. The minimum Gasteiger partial charge on any atom is -0.465 e. The average molecular weight is 405 g/mol. The molecule has 0 aliphatic rings. The molecule has 0 saturated heterocycles. The first-order valence-electron chi connectivity index (χ1n) is 7.60. The minimum absolute atomic E-state index is 0.162. The Morgan fingerprint density at radius 2 is 2.00 bits per heavy atom. The maximum absolute atomic E-state index is 12.6. The number of ether oxygens (including phenoxy) is 1. The van der Waals surface area contributed by atoms with Gasteiger partial charge in [0.25, 0.3) is 11.5 Å². The number of amides is 1. The van der Waals surface area contributed by atoms with Crippen molar-refractivity contribution in [3.05, 3.63) is 56.6 Å². The highest BCUT2D eigenvalue weighted by Gasteiger charge is 2.17. The van der Waals surface area contributed by atoms with Crippen molar-refractivity contribution < 1.29 is 14.3 Å². The van der Waals surface area contributed by atoms with E-state index < -0.39 is 17.4 Å². The van der Waals surface area contributed by atoms with Gasteiger partial charge in [0.2, 0.25) is 0 Å². The lowest BCUT2D eigenvalue weighted by Gasteiger charge is -2.09. The topological polar surface area (TPSA) is 114 Å². The standard InChI is InChI=1S/C17H13ClN4O4S/c1-7-19-13-9(16(27)20-7)6-10(15(24)22-13)14(23)21-12-5-8(17(25)26-2)3-4-11(12)18/h3-6H,1-2H3,(H,21,23)(H2,19,20,22,24,27). The van der Waals surface area contributed by atoms with Gasteiger partial charge in [0.05, 0.1) is 28.8 Å². The van der Waals surface area contributed by atoms with E-state index in [4.69, 9.17) is 11.6 Å². The largest absolute Gasteiger partial charge is 0.465 e. The summed E-state index contributed by atoms with van der Waals surface area (Å²) in [6.45, 7) is 1.66. The first-order chi connectivity index (χ1) is 12.8. The number of pyridine rings is 1. The SMILES string of the molecule is COC(=O)c1ccc(Cl)c(NC(=O)c2cc3c(S)nc(C)nc3[nH]c2=O)c1. The Morgan fingerprint density at radius 1 is 1.26 bits per heavy atom. The number of aromatic amines is 1. The van der Waals surface area contributed by atoms with Crippen molar-refractivity contribution in [3.63, 3.8) is 0 Å². The predicted octanol–water partition coefficient (Wildman–Crippen LogP) is 2.61. The van der Waals surface area contributed by atoms with Gasteiger partial charge in [-0.15, -0.1) is 12.6 Å². The zero-order valence-corrected chi connectivity index (χ0v) is 15.8. The fraction of sp³-hybridized carbons (Fsp3) is 0.118. The molecule has 27 heavy (non-hydrogen) atoms. The van der Waals surface area contributed by atoms with E-state index in [0.717, 1.165) is 0 Å². The van der Waals surface area contributed by atoms with Crippen LogP contribution in [0.3, 0.4) is 0 Å². The Balaban J connectivity index is 2.01. The first kappa shape index (κ1) is 18.9. The van der Waals surface area contributed by atoms with Gasteiger partial charge in [0.1, 0.15) is 22.1 Å². The second kappa shape index (κ2) is 7.37. The summed E-state index contributed by atoms with van der Waals surface area (Å²) < 4.78 is 4.64. The molecule has 10 heteroatoms. The number of fused-ring (bicyclic) bond motifs is 1. The van der Waals surface area contributed by atoms with Crippen molar-refractivity contribution >= 4 is 52.8 Å². The molecule has 1 aromatic carbocycles. The summed E-state index contributed by atoms with van der Waals surface area (Å²) in [6.07, 6.45) is 0. The second-order valence-corrected chi connectivity index (χ2v) is 6.34. The van der Waals surface area contributed by atoms with E-state index in [-0.39, 0.29) is 27.5 Å². The van der Waals surface area contributed by atoms with Crippen LogP contribution in [-0.2, 0) is 4.74 Å². The van der Waals surface area contributed by atoms with Gasteiger partial charge in [-0.1, -0.05) is 11.6 Å². The molecule has 0 aliphatic heterocycles. The number of hydrogen-bond donors (Lipinski definition) is 3. The van der Waals surface area contributed by atoms with Crippen LogP contribution in [0.15, 0.2) is 34.1 Å². The number of benzene rings is 1. The number of carbonyl (C=O) groups is 2. The van der Waals surface area contributed by atoms with E-state index >= 15 is 0 Å². The molecule has 1 amide bonds. The molecule has 8 nitrogen and oxygen atoms in total. The Labute approximate surface area is 163 Å². The molecule has 138 valence electrons. The highest BCUT2D eigenvalue weighted by atomic mass is 35.5. The molecule has 3 rings (SSSR count). The number of esters is 1. The molecule has 2 heterocycles. The second-order valence-electron chi connectivity index (χ2n) is 5.51. The number of nitrogens with one attached hydrogen (secondary N) is 2. The lowest BCUT2D eigenvalue weighted by molar-refractivity contribution is 0.0600. The third-order valence-corrected chi connectivity index (χ3v) is 4.35. The molecule has 2 N–H and O–H groups in total. The monoisotopic (exact) mass is 404 g/mol. The van der Waals surface area contributed by atoms with Gasteiger partial charge >= 0.3 is 5.97 Å². The zero-order chi connectivity index (χ0) is 19.7. The van der Waals surface area contributed by atoms with Crippen molar-refractivity contribution in [2.75, 3.05) is 12.4 Å². The van der Waals surface area contributed by atoms with Crippen molar-refractivity contribution in [1.29, 1.82) is 0 Å². The predicted molar refractivity (Wildman–Crippen MR) is 103 cm³/mol.